The summed E-state index contributed by atoms with van der Waals surface area (Å²) in [6.45, 7) is 1.58. The van der Waals surface area contributed by atoms with Gasteiger partial charge in [0.15, 0.2) is 11.5 Å². The van der Waals surface area contributed by atoms with Crippen molar-refractivity contribution in [2.24, 2.45) is 0 Å². The van der Waals surface area contributed by atoms with Gasteiger partial charge in [-0.25, -0.2) is 0 Å². The number of amides is 2. The predicted octanol–water partition coefficient (Wildman–Crippen LogP) is 0.100. The van der Waals surface area contributed by atoms with Gasteiger partial charge in [-0.15, -0.1) is 0 Å². The van der Waals surface area contributed by atoms with Crippen molar-refractivity contribution in [3.8, 4) is 17.2 Å². The average Bonchev–Trinajstić information content (AvgIpc) is 2.91. The SMILES string of the molecule is COc1cc2c(c(OC)c1OC)C(=O)C(=O)N2CC(=O)N1CCOCC1. The third-order valence-electron chi connectivity index (χ3n) is 4.42. The van der Waals surface area contributed by atoms with Crippen LogP contribution >= 0.6 is 0 Å². The second kappa shape index (κ2) is 7.20. The van der Waals surface area contributed by atoms with Crippen LogP contribution in [-0.4, -0.2) is 76.7 Å². The van der Waals surface area contributed by atoms with E-state index in [9.17, 15) is 14.4 Å². The van der Waals surface area contributed by atoms with E-state index in [4.69, 9.17) is 18.9 Å². The summed E-state index contributed by atoms with van der Waals surface area (Å²) in [5.74, 6) is -1.15. The number of ether oxygens (including phenoxy) is 4. The molecule has 0 bridgehead atoms. The van der Waals surface area contributed by atoms with Gasteiger partial charge in [-0.2, -0.15) is 0 Å². The maximum absolute atomic E-state index is 12.5. The molecule has 1 fully saturated rings. The van der Waals surface area contributed by atoms with E-state index in [1.54, 1.807) is 4.90 Å². The van der Waals surface area contributed by atoms with E-state index in [1.165, 1.54) is 27.4 Å². The summed E-state index contributed by atoms with van der Waals surface area (Å²) in [5.41, 5.74) is 0.348. The first kappa shape index (κ1) is 18.0. The number of anilines is 1. The van der Waals surface area contributed by atoms with Gasteiger partial charge in [-0.05, 0) is 0 Å². The lowest BCUT2D eigenvalue weighted by molar-refractivity contribution is -0.134. The summed E-state index contributed by atoms with van der Waals surface area (Å²) in [6, 6.07) is 1.51. The lowest BCUT2D eigenvalue weighted by atomic mass is 10.1. The van der Waals surface area contributed by atoms with Crippen molar-refractivity contribution in [3.05, 3.63) is 11.6 Å². The molecule has 2 amide bonds. The zero-order chi connectivity index (χ0) is 18.8. The predicted molar refractivity (Wildman–Crippen MR) is 90.2 cm³/mol. The molecule has 0 radical (unpaired) electrons. The van der Waals surface area contributed by atoms with E-state index in [0.717, 1.165) is 4.90 Å². The minimum Gasteiger partial charge on any atom is -0.493 e. The van der Waals surface area contributed by atoms with Crippen LogP contribution in [0.3, 0.4) is 0 Å². The maximum Gasteiger partial charge on any atom is 0.300 e. The zero-order valence-corrected chi connectivity index (χ0v) is 14.9. The molecule has 0 spiro atoms. The largest absolute Gasteiger partial charge is 0.493 e. The van der Waals surface area contributed by atoms with Gasteiger partial charge in [0.2, 0.25) is 11.7 Å². The summed E-state index contributed by atoms with van der Waals surface area (Å²) >= 11 is 0. The van der Waals surface area contributed by atoms with Gasteiger partial charge in [0.05, 0.1) is 45.8 Å². The van der Waals surface area contributed by atoms with E-state index < -0.39 is 11.7 Å². The third kappa shape index (κ3) is 2.84. The van der Waals surface area contributed by atoms with Crippen molar-refractivity contribution in [1.29, 1.82) is 0 Å². The molecule has 140 valence electrons. The van der Waals surface area contributed by atoms with Gasteiger partial charge in [-0.3, -0.25) is 19.3 Å². The minimum absolute atomic E-state index is 0.0740. The van der Waals surface area contributed by atoms with Crippen molar-refractivity contribution in [2.75, 3.05) is 59.1 Å². The summed E-state index contributed by atoms with van der Waals surface area (Å²) in [7, 11) is 4.22. The molecule has 1 aromatic carbocycles. The molecule has 0 atom stereocenters. The second-order valence-electron chi connectivity index (χ2n) is 5.75. The van der Waals surface area contributed by atoms with Crippen molar-refractivity contribution < 1.29 is 33.3 Å². The summed E-state index contributed by atoms with van der Waals surface area (Å²) < 4.78 is 21.1. The Morgan fingerprint density at radius 2 is 1.73 bits per heavy atom. The Hall–Kier alpha value is -2.81. The number of carbonyl (C=O) groups excluding carboxylic acids is 3. The maximum atomic E-state index is 12.5. The molecule has 2 heterocycles. The molecular formula is C17H20N2O7. The van der Waals surface area contributed by atoms with E-state index in [-0.39, 0.29) is 35.2 Å². The van der Waals surface area contributed by atoms with Crippen LogP contribution in [0.15, 0.2) is 6.07 Å². The topological polar surface area (TPSA) is 94.6 Å². The second-order valence-corrected chi connectivity index (χ2v) is 5.75. The summed E-state index contributed by atoms with van der Waals surface area (Å²) in [6.07, 6.45) is 0. The third-order valence-corrected chi connectivity index (χ3v) is 4.42. The quantitative estimate of drug-likeness (QED) is 0.684. The van der Waals surface area contributed by atoms with E-state index in [2.05, 4.69) is 0 Å². The molecule has 1 saturated heterocycles. The number of hydrogen-bond acceptors (Lipinski definition) is 7. The molecule has 9 heteroatoms. The van der Waals surface area contributed by atoms with Crippen molar-refractivity contribution in [3.63, 3.8) is 0 Å². The molecule has 1 aromatic rings. The molecule has 9 nitrogen and oxygen atoms in total. The normalized spacial score (nSPS) is 16.6. The molecular weight excluding hydrogens is 344 g/mol. The zero-order valence-electron chi connectivity index (χ0n) is 14.9. The number of nitrogens with zero attached hydrogens (tertiary/aromatic N) is 2. The number of fused-ring (bicyclic) bond motifs is 1. The van der Waals surface area contributed by atoms with Crippen LogP contribution in [0.1, 0.15) is 10.4 Å². The number of Topliss-reactive ketones (excluding diaryl/α,β-unsaturated/α-hetero) is 1. The fourth-order valence-electron chi connectivity index (χ4n) is 3.12. The molecule has 26 heavy (non-hydrogen) atoms. The number of morpholine rings is 1. The highest BCUT2D eigenvalue weighted by molar-refractivity contribution is 6.53. The van der Waals surface area contributed by atoms with Gasteiger partial charge in [0, 0.05) is 19.2 Å². The fraction of sp³-hybridized carbons (Fsp3) is 0.471. The number of benzene rings is 1. The Morgan fingerprint density at radius 3 is 2.31 bits per heavy atom. The lowest BCUT2D eigenvalue weighted by Crippen LogP contribution is -2.46. The lowest BCUT2D eigenvalue weighted by Gasteiger charge is -2.28. The van der Waals surface area contributed by atoms with Gasteiger partial charge in [-0.1, -0.05) is 0 Å². The Kier molecular flexibility index (Phi) is 4.99. The van der Waals surface area contributed by atoms with Crippen molar-refractivity contribution >= 4 is 23.3 Å². The highest BCUT2D eigenvalue weighted by Crippen LogP contribution is 2.47. The Bertz CT molecular complexity index is 756. The van der Waals surface area contributed by atoms with Crippen LogP contribution in [0.4, 0.5) is 5.69 Å². The molecule has 3 rings (SSSR count). The first-order valence-electron chi connectivity index (χ1n) is 8.08. The van der Waals surface area contributed by atoms with Crippen molar-refractivity contribution in [2.45, 2.75) is 0 Å². The molecule has 2 aliphatic rings. The van der Waals surface area contributed by atoms with Crippen LogP contribution in [0.25, 0.3) is 0 Å². The standard InChI is InChI=1S/C17H20N2O7/c1-23-11-8-10-13(16(25-3)15(11)24-2)14(21)17(22)19(10)9-12(20)18-4-6-26-7-5-18/h8H,4-7,9H2,1-3H3. The molecule has 0 aliphatic carbocycles. The van der Waals surface area contributed by atoms with E-state index in [1.807, 2.05) is 0 Å². The van der Waals surface area contributed by atoms with Gasteiger partial charge in [0.25, 0.3) is 11.7 Å². The Balaban J connectivity index is 1.99. The van der Waals surface area contributed by atoms with Gasteiger partial charge < -0.3 is 23.8 Å². The van der Waals surface area contributed by atoms with Crippen LogP contribution in [0, 0.1) is 0 Å². The van der Waals surface area contributed by atoms with E-state index >= 15 is 0 Å². The number of carbonyl (C=O) groups is 3. The molecule has 0 N–H and O–H groups in total. The van der Waals surface area contributed by atoms with E-state index in [0.29, 0.717) is 32.1 Å². The van der Waals surface area contributed by atoms with Crippen LogP contribution in [0.2, 0.25) is 0 Å². The smallest absolute Gasteiger partial charge is 0.300 e. The Labute approximate surface area is 150 Å². The number of ketones is 1. The molecule has 2 aliphatic heterocycles. The number of methoxy groups -OCH3 is 3. The number of hydrogen-bond donors (Lipinski definition) is 0. The van der Waals surface area contributed by atoms with Crippen molar-refractivity contribution in [1.82, 2.24) is 4.90 Å². The van der Waals surface area contributed by atoms with Crippen LogP contribution in [-0.2, 0) is 14.3 Å². The number of rotatable bonds is 5. The highest BCUT2D eigenvalue weighted by atomic mass is 16.5. The summed E-state index contributed by atoms with van der Waals surface area (Å²) in [5, 5.41) is 0. The fourth-order valence-corrected chi connectivity index (χ4v) is 3.12. The first-order chi connectivity index (χ1) is 12.5. The van der Waals surface area contributed by atoms with Crippen LogP contribution in [0.5, 0.6) is 17.2 Å². The summed E-state index contributed by atoms with van der Waals surface area (Å²) in [4.78, 5) is 40.3. The molecule has 0 aromatic heterocycles. The highest BCUT2D eigenvalue weighted by Gasteiger charge is 2.42. The van der Waals surface area contributed by atoms with Gasteiger partial charge in [0.1, 0.15) is 6.54 Å². The monoisotopic (exact) mass is 364 g/mol. The van der Waals surface area contributed by atoms with Crippen LogP contribution < -0.4 is 19.1 Å². The first-order valence-corrected chi connectivity index (χ1v) is 8.08. The van der Waals surface area contributed by atoms with Gasteiger partial charge >= 0.3 is 0 Å². The average molecular weight is 364 g/mol. The molecule has 0 saturated carbocycles. The molecule has 0 unspecified atom stereocenters. The Morgan fingerprint density at radius 1 is 1.08 bits per heavy atom. The minimum atomic E-state index is -0.782.